The minimum Gasteiger partial charge on any atom is -0.465 e. The normalized spacial score (nSPS) is 8.75. The van der Waals surface area contributed by atoms with Gasteiger partial charge in [-0.1, -0.05) is 0 Å². The molecule has 0 heterocycles. The smallest absolute Gasteiger partial charge is 0.407 e. The van der Waals surface area contributed by atoms with Gasteiger partial charge in [0, 0.05) is 19.5 Å². The van der Waals surface area contributed by atoms with E-state index in [1.54, 1.807) is 0 Å². The molecule has 0 aromatic carbocycles. The molecule has 1 N–H and O–H groups in total. The topological polar surface area (TPSA) is 40.5 Å². The Labute approximate surface area is 52.9 Å². The molecule has 0 unspecified atom stereocenters. The average molecular weight is 138 g/mol. The Kier molecular flexibility index (Phi) is 3.35. The third-order valence-corrected chi connectivity index (χ3v) is 0.916. The van der Waals surface area contributed by atoms with Crippen LogP contribution in [0.4, 0.5) is 4.79 Å². The molecule has 0 saturated heterocycles. The highest BCUT2D eigenvalue weighted by Gasteiger charge is 2.01. The summed E-state index contributed by atoms with van der Waals surface area (Å²) in [6.07, 6.45) is -0.939. The van der Waals surface area contributed by atoms with E-state index < -0.39 is 6.09 Å². The molecular weight excluding hydrogens is 130 g/mol. The lowest BCUT2D eigenvalue weighted by Gasteiger charge is -2.08. The van der Waals surface area contributed by atoms with Crippen LogP contribution in [0.5, 0.6) is 0 Å². The zero-order valence-corrected chi connectivity index (χ0v) is 5.35. The minimum atomic E-state index is -0.939. The van der Waals surface area contributed by atoms with Gasteiger partial charge < -0.3 is 10.0 Å². The van der Waals surface area contributed by atoms with Crippen molar-refractivity contribution in [2.75, 3.05) is 19.5 Å². The summed E-state index contributed by atoms with van der Waals surface area (Å²) in [5.74, 6) is 0.350. The molecule has 0 atom stereocenters. The molecule has 0 spiro atoms. The first-order chi connectivity index (χ1) is 3.68. The van der Waals surface area contributed by atoms with E-state index in [1.807, 2.05) is 0 Å². The number of carbonyl (C=O) groups is 1. The zero-order chi connectivity index (χ0) is 6.57. The van der Waals surface area contributed by atoms with E-state index in [4.69, 9.17) is 16.7 Å². The predicted octanol–water partition coefficient (Wildman–Crippen LogP) is 0.835. The van der Waals surface area contributed by atoms with Gasteiger partial charge in [-0.2, -0.15) is 0 Å². The van der Waals surface area contributed by atoms with E-state index in [1.165, 1.54) is 7.05 Å². The van der Waals surface area contributed by atoms with E-state index in [2.05, 4.69) is 0 Å². The summed E-state index contributed by atoms with van der Waals surface area (Å²) in [6.45, 7) is 0.386. The van der Waals surface area contributed by atoms with Gasteiger partial charge in [-0.25, -0.2) is 4.79 Å². The van der Waals surface area contributed by atoms with E-state index in [0.717, 1.165) is 4.90 Å². The summed E-state index contributed by atoms with van der Waals surface area (Å²) in [5, 5.41) is 8.18. The molecule has 0 bridgehead atoms. The maximum Gasteiger partial charge on any atom is 0.407 e. The first-order valence-corrected chi connectivity index (χ1v) is 2.72. The summed E-state index contributed by atoms with van der Waals surface area (Å²) in [4.78, 5) is 11.1. The Morgan fingerprint density at radius 1 is 1.88 bits per heavy atom. The lowest BCUT2D eigenvalue weighted by atomic mass is 10.7. The van der Waals surface area contributed by atoms with Crippen LogP contribution in [0, 0.1) is 0 Å². The standard InChI is InChI=1S/C4H8ClNO2/c1-6(3-2-5)4(7)8/h2-3H2,1H3,(H,7,8). The number of rotatable bonds is 2. The molecule has 3 nitrogen and oxygen atoms in total. The number of carboxylic acid groups (broad SMARTS) is 1. The van der Waals surface area contributed by atoms with Gasteiger partial charge >= 0.3 is 6.09 Å². The van der Waals surface area contributed by atoms with Crippen LogP contribution in [0.3, 0.4) is 0 Å². The molecule has 0 aliphatic heterocycles. The Morgan fingerprint density at radius 2 is 2.38 bits per heavy atom. The van der Waals surface area contributed by atoms with E-state index in [-0.39, 0.29) is 0 Å². The molecule has 0 aromatic heterocycles. The highest BCUT2D eigenvalue weighted by molar-refractivity contribution is 6.18. The van der Waals surface area contributed by atoms with Crippen LogP contribution >= 0.6 is 11.6 Å². The molecular formula is C4H8ClNO2. The minimum absolute atomic E-state index is 0.350. The zero-order valence-electron chi connectivity index (χ0n) is 4.59. The van der Waals surface area contributed by atoms with Gasteiger partial charge in [0.1, 0.15) is 0 Å². The second-order valence-corrected chi connectivity index (χ2v) is 1.77. The highest BCUT2D eigenvalue weighted by Crippen LogP contribution is 1.83. The fourth-order valence-corrected chi connectivity index (χ4v) is 0.476. The van der Waals surface area contributed by atoms with Gasteiger partial charge in [-0.3, -0.25) is 0 Å². The molecule has 48 valence electrons. The van der Waals surface area contributed by atoms with Crippen molar-refractivity contribution in [3.05, 3.63) is 0 Å². The van der Waals surface area contributed by atoms with Gasteiger partial charge in [0.05, 0.1) is 0 Å². The molecule has 4 heteroatoms. The van der Waals surface area contributed by atoms with Crippen molar-refractivity contribution in [1.82, 2.24) is 4.90 Å². The summed E-state index contributed by atoms with van der Waals surface area (Å²) < 4.78 is 0. The predicted molar refractivity (Wildman–Crippen MR) is 31.4 cm³/mol. The second kappa shape index (κ2) is 3.55. The Hall–Kier alpha value is -0.440. The summed E-state index contributed by atoms with van der Waals surface area (Å²) in [6, 6.07) is 0. The van der Waals surface area contributed by atoms with Gasteiger partial charge in [-0.05, 0) is 0 Å². The highest BCUT2D eigenvalue weighted by atomic mass is 35.5. The van der Waals surface area contributed by atoms with Crippen molar-refractivity contribution in [3.63, 3.8) is 0 Å². The Bertz CT molecular complexity index is 86.1. The van der Waals surface area contributed by atoms with Crippen molar-refractivity contribution in [1.29, 1.82) is 0 Å². The van der Waals surface area contributed by atoms with Crippen LogP contribution in [0.2, 0.25) is 0 Å². The second-order valence-electron chi connectivity index (χ2n) is 1.39. The fourth-order valence-electron chi connectivity index (χ4n) is 0.222. The molecule has 8 heavy (non-hydrogen) atoms. The quantitative estimate of drug-likeness (QED) is 0.573. The van der Waals surface area contributed by atoms with Gasteiger partial charge in [0.25, 0.3) is 0 Å². The number of hydrogen-bond acceptors (Lipinski definition) is 1. The maximum atomic E-state index is 9.96. The molecule has 0 rings (SSSR count). The lowest BCUT2D eigenvalue weighted by Crippen LogP contribution is -2.26. The molecule has 1 amide bonds. The Morgan fingerprint density at radius 3 is 2.50 bits per heavy atom. The van der Waals surface area contributed by atoms with Crippen molar-refractivity contribution in [2.24, 2.45) is 0 Å². The maximum absolute atomic E-state index is 9.96. The van der Waals surface area contributed by atoms with Crippen LogP contribution in [0.25, 0.3) is 0 Å². The van der Waals surface area contributed by atoms with Crippen LogP contribution < -0.4 is 0 Å². The first kappa shape index (κ1) is 7.56. The van der Waals surface area contributed by atoms with Gasteiger partial charge in [0.2, 0.25) is 0 Å². The van der Waals surface area contributed by atoms with E-state index in [0.29, 0.717) is 12.4 Å². The van der Waals surface area contributed by atoms with Gasteiger partial charge in [0.15, 0.2) is 0 Å². The number of amides is 1. The van der Waals surface area contributed by atoms with Gasteiger partial charge in [-0.15, -0.1) is 11.6 Å². The number of alkyl halides is 1. The van der Waals surface area contributed by atoms with Crippen molar-refractivity contribution in [3.8, 4) is 0 Å². The van der Waals surface area contributed by atoms with Crippen molar-refractivity contribution < 1.29 is 9.90 Å². The Balaban J connectivity index is 3.32. The number of halogens is 1. The number of hydrogen-bond donors (Lipinski definition) is 1. The largest absolute Gasteiger partial charge is 0.465 e. The molecule has 0 radical (unpaired) electrons. The van der Waals surface area contributed by atoms with Crippen molar-refractivity contribution in [2.45, 2.75) is 0 Å². The summed E-state index contributed by atoms with van der Waals surface area (Å²) in [5.41, 5.74) is 0. The first-order valence-electron chi connectivity index (χ1n) is 2.18. The molecule has 0 fully saturated rings. The van der Waals surface area contributed by atoms with Crippen LogP contribution in [0.1, 0.15) is 0 Å². The summed E-state index contributed by atoms with van der Waals surface area (Å²) in [7, 11) is 1.48. The molecule has 0 aromatic rings. The van der Waals surface area contributed by atoms with Crippen LogP contribution in [-0.2, 0) is 0 Å². The monoisotopic (exact) mass is 137 g/mol. The van der Waals surface area contributed by atoms with Crippen LogP contribution in [0.15, 0.2) is 0 Å². The lowest BCUT2D eigenvalue weighted by molar-refractivity contribution is 0.158. The SMILES string of the molecule is CN(CCCl)C(=O)O. The summed E-state index contributed by atoms with van der Waals surface area (Å²) >= 11 is 5.24. The van der Waals surface area contributed by atoms with E-state index in [9.17, 15) is 4.79 Å². The average Bonchev–Trinajstić information content (AvgIpc) is 1.67. The third kappa shape index (κ3) is 2.69. The van der Waals surface area contributed by atoms with Crippen LogP contribution in [-0.4, -0.2) is 35.6 Å². The number of nitrogens with zero attached hydrogens (tertiary/aromatic N) is 1. The molecule has 0 aliphatic carbocycles. The van der Waals surface area contributed by atoms with E-state index >= 15 is 0 Å². The molecule has 0 aliphatic rings. The van der Waals surface area contributed by atoms with Crippen molar-refractivity contribution >= 4 is 17.7 Å². The fraction of sp³-hybridized carbons (Fsp3) is 0.750. The third-order valence-electron chi connectivity index (χ3n) is 0.746. The molecule has 0 saturated carbocycles.